The van der Waals surface area contributed by atoms with Gasteiger partial charge >= 0.3 is 5.97 Å². The van der Waals surface area contributed by atoms with Crippen LogP contribution in [0.25, 0.3) is 10.9 Å². The highest BCUT2D eigenvalue weighted by Crippen LogP contribution is 2.39. The van der Waals surface area contributed by atoms with Gasteiger partial charge in [-0.05, 0) is 37.2 Å². The molecule has 0 amide bonds. The predicted molar refractivity (Wildman–Crippen MR) is 126 cm³/mol. The Morgan fingerprint density at radius 1 is 1.06 bits per heavy atom. The van der Waals surface area contributed by atoms with Crippen molar-refractivity contribution in [3.8, 4) is 11.5 Å². The molecule has 3 aromatic rings. The first-order valence-electron chi connectivity index (χ1n) is 10.3. The molecule has 0 aliphatic heterocycles. The first-order valence-corrected chi connectivity index (χ1v) is 11.9. The van der Waals surface area contributed by atoms with Crippen molar-refractivity contribution < 1.29 is 27.4 Å². The van der Waals surface area contributed by atoms with Crippen molar-refractivity contribution in [3.63, 3.8) is 0 Å². The van der Waals surface area contributed by atoms with E-state index in [1.54, 1.807) is 44.4 Å². The Bertz CT molecular complexity index is 1260. The van der Waals surface area contributed by atoms with Gasteiger partial charge in [-0.1, -0.05) is 24.3 Å². The number of nitrogens with zero attached hydrogens (tertiary/aromatic N) is 1. The van der Waals surface area contributed by atoms with Crippen LogP contribution < -0.4 is 19.5 Å². The zero-order chi connectivity index (χ0) is 24.0. The summed E-state index contributed by atoms with van der Waals surface area (Å²) in [4.78, 5) is 17.1. The molecular weight excluding hydrogens is 446 g/mol. The Hall–Kier alpha value is -3.37. The molecule has 1 heterocycles. The van der Waals surface area contributed by atoms with E-state index in [2.05, 4.69) is 15.0 Å². The van der Waals surface area contributed by atoms with Crippen LogP contribution in [-0.4, -0.2) is 47.2 Å². The quantitative estimate of drug-likeness (QED) is 0.432. The number of anilines is 1. The molecule has 0 fully saturated rings. The minimum Gasteiger partial charge on any atom is -0.496 e. The molecule has 1 aromatic heterocycles. The number of rotatable bonds is 10. The summed E-state index contributed by atoms with van der Waals surface area (Å²) in [5, 5.41) is 3.88. The zero-order valence-corrected chi connectivity index (χ0v) is 19.8. The minimum absolute atomic E-state index is 0.130. The molecular formula is C23H27N3O6S. The molecule has 0 unspecified atom stereocenters. The number of pyridine rings is 1. The number of hydrogen-bond acceptors (Lipinski definition) is 8. The van der Waals surface area contributed by atoms with Gasteiger partial charge in [-0.2, -0.15) is 0 Å². The first kappa shape index (κ1) is 24.3. The maximum absolute atomic E-state index is 12.7. The van der Waals surface area contributed by atoms with E-state index in [1.165, 1.54) is 20.4 Å². The molecule has 2 aromatic carbocycles. The van der Waals surface area contributed by atoms with E-state index in [1.807, 2.05) is 6.07 Å². The van der Waals surface area contributed by atoms with Gasteiger partial charge in [0, 0.05) is 12.7 Å². The number of nitrogens with one attached hydrogen (secondary N) is 2. The van der Waals surface area contributed by atoms with Crippen LogP contribution in [-0.2, 0) is 27.1 Å². The summed E-state index contributed by atoms with van der Waals surface area (Å²) in [7, 11) is 1.06. The van der Waals surface area contributed by atoms with Gasteiger partial charge in [0.15, 0.2) is 0 Å². The van der Waals surface area contributed by atoms with E-state index in [0.29, 0.717) is 40.2 Å². The molecule has 0 atom stereocenters. The summed E-state index contributed by atoms with van der Waals surface area (Å²) < 4.78 is 42.3. The fourth-order valence-electron chi connectivity index (χ4n) is 3.45. The second-order valence-electron chi connectivity index (χ2n) is 7.10. The van der Waals surface area contributed by atoms with E-state index in [4.69, 9.17) is 14.2 Å². The maximum atomic E-state index is 12.7. The SMILES string of the molecule is CCOC(=O)c1cnc2c(OC)ccc(OC)c2c1NCc1cccc(CS(=O)(=O)NC)c1. The number of esters is 1. The normalized spacial score (nSPS) is 11.3. The molecule has 9 nitrogen and oxygen atoms in total. The van der Waals surface area contributed by atoms with Crippen LogP contribution in [0.15, 0.2) is 42.6 Å². The van der Waals surface area contributed by atoms with Gasteiger partial charge < -0.3 is 19.5 Å². The van der Waals surface area contributed by atoms with Crippen LogP contribution >= 0.6 is 0 Å². The van der Waals surface area contributed by atoms with E-state index in [0.717, 1.165) is 5.56 Å². The number of benzene rings is 2. The number of carbonyl (C=O) groups is 1. The molecule has 2 N–H and O–H groups in total. The summed E-state index contributed by atoms with van der Waals surface area (Å²) in [6.07, 6.45) is 1.44. The molecule has 3 rings (SSSR count). The van der Waals surface area contributed by atoms with Gasteiger partial charge in [-0.25, -0.2) is 17.9 Å². The van der Waals surface area contributed by atoms with Crippen molar-refractivity contribution in [2.75, 3.05) is 33.2 Å². The van der Waals surface area contributed by atoms with Crippen molar-refractivity contribution in [1.82, 2.24) is 9.71 Å². The number of fused-ring (bicyclic) bond motifs is 1. The Balaban J connectivity index is 2.06. The predicted octanol–water partition coefficient (Wildman–Crippen LogP) is 3.09. The first-order chi connectivity index (χ1) is 15.8. The van der Waals surface area contributed by atoms with Crippen molar-refractivity contribution in [2.24, 2.45) is 0 Å². The molecule has 0 saturated heterocycles. The largest absolute Gasteiger partial charge is 0.496 e. The molecule has 0 saturated carbocycles. The van der Waals surface area contributed by atoms with Gasteiger partial charge in [-0.3, -0.25) is 4.98 Å². The molecule has 0 aliphatic rings. The lowest BCUT2D eigenvalue weighted by atomic mass is 10.1. The van der Waals surface area contributed by atoms with Crippen molar-refractivity contribution in [1.29, 1.82) is 0 Å². The summed E-state index contributed by atoms with van der Waals surface area (Å²) in [5.41, 5.74) is 2.75. The molecule has 176 valence electrons. The zero-order valence-electron chi connectivity index (χ0n) is 19.0. The minimum atomic E-state index is -3.40. The lowest BCUT2D eigenvalue weighted by molar-refractivity contribution is 0.0527. The average molecular weight is 474 g/mol. The Kier molecular flexibility index (Phi) is 7.72. The second kappa shape index (κ2) is 10.5. The van der Waals surface area contributed by atoms with Crippen LogP contribution in [0, 0.1) is 0 Å². The van der Waals surface area contributed by atoms with Gasteiger partial charge in [-0.15, -0.1) is 0 Å². The standard InChI is InChI=1S/C23H27N3O6S/c1-5-32-23(27)17-13-26-22-19(31-4)10-9-18(30-3)20(22)21(17)25-12-15-7-6-8-16(11-15)14-33(28,29)24-2/h6-11,13,24H,5,12,14H2,1-4H3,(H,25,26). The molecule has 33 heavy (non-hydrogen) atoms. The maximum Gasteiger partial charge on any atom is 0.341 e. The van der Waals surface area contributed by atoms with Gasteiger partial charge in [0.25, 0.3) is 0 Å². The van der Waals surface area contributed by atoms with Crippen molar-refractivity contribution >= 4 is 32.6 Å². The number of aromatic nitrogens is 1. The third-order valence-corrected chi connectivity index (χ3v) is 6.34. The van der Waals surface area contributed by atoms with Crippen LogP contribution in [0.2, 0.25) is 0 Å². The Morgan fingerprint density at radius 3 is 2.42 bits per heavy atom. The van der Waals surface area contributed by atoms with Crippen molar-refractivity contribution in [3.05, 3.63) is 59.3 Å². The molecule has 0 radical (unpaired) electrons. The number of carbonyl (C=O) groups excluding carboxylic acids is 1. The monoisotopic (exact) mass is 473 g/mol. The Labute approximate surface area is 193 Å². The fourth-order valence-corrected chi connectivity index (χ4v) is 4.21. The lowest BCUT2D eigenvalue weighted by Crippen LogP contribution is -2.20. The van der Waals surface area contributed by atoms with Gasteiger partial charge in [0.05, 0.1) is 37.7 Å². The summed E-state index contributed by atoms with van der Waals surface area (Å²) in [6.45, 7) is 2.26. The van der Waals surface area contributed by atoms with E-state index < -0.39 is 16.0 Å². The molecule has 10 heteroatoms. The summed E-state index contributed by atoms with van der Waals surface area (Å²) >= 11 is 0. The fraction of sp³-hybridized carbons (Fsp3) is 0.304. The highest BCUT2D eigenvalue weighted by atomic mass is 32.2. The lowest BCUT2D eigenvalue weighted by Gasteiger charge is -2.17. The van der Waals surface area contributed by atoms with Crippen LogP contribution in [0.3, 0.4) is 0 Å². The van der Waals surface area contributed by atoms with Crippen LogP contribution in [0.4, 0.5) is 5.69 Å². The summed E-state index contributed by atoms with van der Waals surface area (Å²) in [5.74, 6) is 0.395. The summed E-state index contributed by atoms with van der Waals surface area (Å²) in [6, 6.07) is 10.7. The van der Waals surface area contributed by atoms with Crippen LogP contribution in [0.5, 0.6) is 11.5 Å². The van der Waals surface area contributed by atoms with E-state index in [9.17, 15) is 13.2 Å². The van der Waals surface area contributed by atoms with Crippen molar-refractivity contribution in [2.45, 2.75) is 19.2 Å². The third-order valence-electron chi connectivity index (χ3n) is 5.01. The van der Waals surface area contributed by atoms with Gasteiger partial charge in [0.1, 0.15) is 22.6 Å². The molecule has 0 aliphatic carbocycles. The number of ether oxygens (including phenoxy) is 3. The van der Waals surface area contributed by atoms with Crippen LogP contribution in [0.1, 0.15) is 28.4 Å². The molecule has 0 spiro atoms. The number of methoxy groups -OCH3 is 2. The van der Waals surface area contributed by atoms with E-state index >= 15 is 0 Å². The number of sulfonamides is 1. The highest BCUT2D eigenvalue weighted by molar-refractivity contribution is 7.88. The number of hydrogen-bond donors (Lipinski definition) is 2. The second-order valence-corrected chi connectivity index (χ2v) is 9.02. The molecule has 0 bridgehead atoms. The van der Waals surface area contributed by atoms with Gasteiger partial charge in [0.2, 0.25) is 10.0 Å². The Morgan fingerprint density at radius 2 is 1.76 bits per heavy atom. The van der Waals surface area contributed by atoms with E-state index in [-0.39, 0.29) is 17.9 Å². The smallest absolute Gasteiger partial charge is 0.341 e. The average Bonchev–Trinajstić information content (AvgIpc) is 2.81. The highest BCUT2D eigenvalue weighted by Gasteiger charge is 2.21. The third kappa shape index (κ3) is 5.52. The topological polar surface area (TPSA) is 116 Å².